The van der Waals surface area contributed by atoms with Crippen LogP contribution >= 0.6 is 11.6 Å². The third-order valence-electron chi connectivity index (χ3n) is 4.81. The Labute approximate surface area is 171 Å². The van der Waals surface area contributed by atoms with Gasteiger partial charge in [0.25, 0.3) is 5.91 Å². The van der Waals surface area contributed by atoms with E-state index in [0.29, 0.717) is 35.7 Å². The molecule has 150 valence electrons. The molecule has 1 aromatic heterocycles. The van der Waals surface area contributed by atoms with Gasteiger partial charge in [-0.05, 0) is 48.2 Å². The van der Waals surface area contributed by atoms with Gasteiger partial charge < -0.3 is 20.7 Å². The number of nitrogens with zero attached hydrogens (tertiary/aromatic N) is 2. The van der Waals surface area contributed by atoms with E-state index in [1.807, 2.05) is 6.07 Å². The summed E-state index contributed by atoms with van der Waals surface area (Å²) in [6, 6.07) is 11.1. The van der Waals surface area contributed by atoms with Gasteiger partial charge in [-0.3, -0.25) is 4.79 Å². The van der Waals surface area contributed by atoms with Crippen molar-refractivity contribution in [2.45, 2.75) is 31.5 Å². The van der Waals surface area contributed by atoms with Crippen LogP contribution in [0.4, 0.5) is 10.1 Å². The SMILES string of the molecule is O=C(N[C@H]1CCc2ccc(Cl)cc2NC1O)c1nnc(Cc2cccc(F)c2)[nH]1. The molecule has 29 heavy (non-hydrogen) atoms. The van der Waals surface area contributed by atoms with Gasteiger partial charge in [-0.2, -0.15) is 0 Å². The van der Waals surface area contributed by atoms with E-state index in [9.17, 15) is 14.3 Å². The van der Waals surface area contributed by atoms with Gasteiger partial charge >= 0.3 is 0 Å². The topological polar surface area (TPSA) is 103 Å². The first kappa shape index (κ1) is 19.4. The summed E-state index contributed by atoms with van der Waals surface area (Å²) < 4.78 is 13.3. The average molecular weight is 416 g/mol. The van der Waals surface area contributed by atoms with E-state index in [2.05, 4.69) is 25.8 Å². The van der Waals surface area contributed by atoms with E-state index >= 15 is 0 Å². The van der Waals surface area contributed by atoms with Crippen LogP contribution < -0.4 is 10.6 Å². The van der Waals surface area contributed by atoms with Crippen molar-refractivity contribution in [3.05, 3.63) is 76.1 Å². The number of fused-ring (bicyclic) bond motifs is 1. The Kier molecular flexibility index (Phi) is 5.46. The van der Waals surface area contributed by atoms with Crippen molar-refractivity contribution in [1.29, 1.82) is 0 Å². The molecule has 1 amide bonds. The van der Waals surface area contributed by atoms with Crippen molar-refractivity contribution < 1.29 is 14.3 Å². The van der Waals surface area contributed by atoms with Crippen LogP contribution in [-0.4, -0.2) is 38.5 Å². The standard InChI is InChI=1S/C20H19ClFN5O2/c21-13-6-4-12-5-7-15(19(28)24-16(12)10-13)23-20(29)18-25-17(26-27-18)9-11-2-1-3-14(22)8-11/h1-4,6,8,10,15,19,24,28H,5,7,9H2,(H,23,29)(H,25,26,27)/t15-,19?/m0/s1. The number of carbonyl (C=O) groups is 1. The van der Waals surface area contributed by atoms with Gasteiger partial charge in [0.15, 0.2) is 0 Å². The van der Waals surface area contributed by atoms with Crippen LogP contribution in [0.3, 0.4) is 0 Å². The fourth-order valence-corrected chi connectivity index (χ4v) is 3.51. The molecule has 1 aliphatic rings. The van der Waals surface area contributed by atoms with Crippen LogP contribution in [0.5, 0.6) is 0 Å². The van der Waals surface area contributed by atoms with Crippen molar-refractivity contribution in [2.75, 3.05) is 5.32 Å². The number of halogens is 2. The van der Waals surface area contributed by atoms with E-state index in [0.717, 1.165) is 11.3 Å². The molecule has 2 aromatic carbocycles. The number of aromatic amines is 1. The highest BCUT2D eigenvalue weighted by atomic mass is 35.5. The van der Waals surface area contributed by atoms with Crippen molar-refractivity contribution in [3.63, 3.8) is 0 Å². The Morgan fingerprint density at radius 1 is 1.28 bits per heavy atom. The molecule has 4 N–H and O–H groups in total. The first-order valence-corrected chi connectivity index (χ1v) is 9.55. The van der Waals surface area contributed by atoms with E-state index in [-0.39, 0.29) is 11.6 Å². The van der Waals surface area contributed by atoms with Gasteiger partial charge in [0.1, 0.15) is 17.9 Å². The predicted molar refractivity (Wildman–Crippen MR) is 106 cm³/mol. The molecule has 9 heteroatoms. The van der Waals surface area contributed by atoms with Gasteiger partial charge in [-0.15, -0.1) is 10.2 Å². The van der Waals surface area contributed by atoms with Crippen LogP contribution in [0.25, 0.3) is 0 Å². The van der Waals surface area contributed by atoms with Crippen LogP contribution in [-0.2, 0) is 12.8 Å². The van der Waals surface area contributed by atoms with Crippen molar-refractivity contribution in [1.82, 2.24) is 20.5 Å². The number of anilines is 1. The molecule has 0 spiro atoms. The Balaban J connectivity index is 1.41. The predicted octanol–water partition coefficient (Wildman–Crippen LogP) is 2.66. The molecular formula is C20H19ClFN5O2. The van der Waals surface area contributed by atoms with E-state index in [1.165, 1.54) is 12.1 Å². The highest BCUT2D eigenvalue weighted by Gasteiger charge is 2.27. The monoisotopic (exact) mass is 415 g/mol. The van der Waals surface area contributed by atoms with Gasteiger partial charge in [-0.25, -0.2) is 4.39 Å². The first-order valence-electron chi connectivity index (χ1n) is 9.18. The maximum atomic E-state index is 13.3. The molecule has 2 atom stereocenters. The van der Waals surface area contributed by atoms with Crippen molar-refractivity contribution >= 4 is 23.2 Å². The maximum absolute atomic E-state index is 13.3. The fraction of sp³-hybridized carbons (Fsp3) is 0.250. The lowest BCUT2D eigenvalue weighted by atomic mass is 10.1. The summed E-state index contributed by atoms with van der Waals surface area (Å²) in [6.45, 7) is 0. The minimum absolute atomic E-state index is 0.0356. The molecular weight excluding hydrogens is 397 g/mol. The summed E-state index contributed by atoms with van der Waals surface area (Å²) in [4.78, 5) is 15.4. The zero-order valence-corrected chi connectivity index (χ0v) is 16.1. The highest BCUT2D eigenvalue weighted by molar-refractivity contribution is 6.30. The Morgan fingerprint density at radius 3 is 2.97 bits per heavy atom. The second kappa shape index (κ2) is 8.18. The summed E-state index contributed by atoms with van der Waals surface area (Å²) in [7, 11) is 0. The second-order valence-electron chi connectivity index (χ2n) is 6.94. The number of aryl methyl sites for hydroxylation is 1. The summed E-state index contributed by atoms with van der Waals surface area (Å²) in [6.07, 6.45) is 0.553. The zero-order chi connectivity index (χ0) is 20.4. The molecule has 4 rings (SSSR count). The first-order chi connectivity index (χ1) is 14.0. The molecule has 0 aliphatic carbocycles. The second-order valence-corrected chi connectivity index (χ2v) is 7.37. The molecule has 1 aliphatic heterocycles. The Morgan fingerprint density at radius 2 is 2.14 bits per heavy atom. The van der Waals surface area contributed by atoms with Crippen LogP contribution in [0.15, 0.2) is 42.5 Å². The number of nitrogens with one attached hydrogen (secondary N) is 3. The van der Waals surface area contributed by atoms with E-state index < -0.39 is 18.2 Å². The molecule has 1 unspecified atom stereocenters. The third kappa shape index (κ3) is 4.55. The molecule has 7 nitrogen and oxygen atoms in total. The molecule has 0 saturated carbocycles. The lowest BCUT2D eigenvalue weighted by Crippen LogP contribution is -2.46. The van der Waals surface area contributed by atoms with Crippen LogP contribution in [0, 0.1) is 5.82 Å². The number of H-pyrrole nitrogens is 1. The lowest BCUT2D eigenvalue weighted by Gasteiger charge is -2.22. The summed E-state index contributed by atoms with van der Waals surface area (Å²) in [5, 5.41) is 24.6. The van der Waals surface area contributed by atoms with Gasteiger partial charge in [-0.1, -0.05) is 29.8 Å². The average Bonchev–Trinajstić information content (AvgIpc) is 3.08. The number of carbonyl (C=O) groups excluding carboxylic acids is 1. The van der Waals surface area contributed by atoms with Gasteiger partial charge in [0.2, 0.25) is 5.82 Å². The summed E-state index contributed by atoms with van der Waals surface area (Å²) >= 11 is 6.02. The number of rotatable bonds is 4. The number of aliphatic hydroxyl groups excluding tert-OH is 1. The quantitative estimate of drug-likeness (QED) is 0.524. The van der Waals surface area contributed by atoms with Crippen molar-refractivity contribution in [3.8, 4) is 0 Å². The third-order valence-corrected chi connectivity index (χ3v) is 5.04. The number of aromatic nitrogens is 3. The summed E-state index contributed by atoms with van der Waals surface area (Å²) in [5.74, 6) is -0.328. The highest BCUT2D eigenvalue weighted by Crippen LogP contribution is 2.26. The number of hydrogen-bond donors (Lipinski definition) is 4. The molecule has 0 fully saturated rings. The summed E-state index contributed by atoms with van der Waals surface area (Å²) in [5.41, 5.74) is 2.48. The molecule has 2 heterocycles. The van der Waals surface area contributed by atoms with Crippen LogP contribution in [0.2, 0.25) is 5.02 Å². The number of amides is 1. The zero-order valence-electron chi connectivity index (χ0n) is 15.3. The Bertz CT molecular complexity index is 1040. The van der Waals surface area contributed by atoms with Gasteiger partial charge in [0.05, 0.1) is 6.04 Å². The Hall–Kier alpha value is -2.97. The molecule has 0 radical (unpaired) electrons. The number of hydrogen-bond acceptors (Lipinski definition) is 5. The molecule has 0 bridgehead atoms. The van der Waals surface area contributed by atoms with E-state index in [4.69, 9.17) is 11.6 Å². The largest absolute Gasteiger partial charge is 0.372 e. The van der Waals surface area contributed by atoms with Crippen LogP contribution in [0.1, 0.15) is 34.0 Å². The molecule has 3 aromatic rings. The smallest absolute Gasteiger partial charge is 0.289 e. The van der Waals surface area contributed by atoms with Crippen molar-refractivity contribution in [2.24, 2.45) is 0 Å². The number of benzene rings is 2. The lowest BCUT2D eigenvalue weighted by molar-refractivity contribution is 0.0854. The van der Waals surface area contributed by atoms with Gasteiger partial charge in [0, 0.05) is 17.1 Å². The minimum Gasteiger partial charge on any atom is -0.372 e. The number of aliphatic hydroxyl groups is 1. The molecule has 0 saturated heterocycles. The fourth-order valence-electron chi connectivity index (χ4n) is 3.34. The maximum Gasteiger partial charge on any atom is 0.289 e. The van der Waals surface area contributed by atoms with E-state index in [1.54, 1.807) is 24.3 Å². The minimum atomic E-state index is -0.978. The normalized spacial score (nSPS) is 18.4.